The lowest BCUT2D eigenvalue weighted by Gasteiger charge is -2.55. The number of rotatable bonds is 1. The minimum atomic E-state index is -0.00886. The predicted molar refractivity (Wildman–Crippen MR) is 87.2 cm³/mol. The van der Waals surface area contributed by atoms with Crippen LogP contribution in [0.1, 0.15) is 58.8 Å². The molecule has 0 heterocycles. The third-order valence-corrected chi connectivity index (χ3v) is 7.70. The van der Waals surface area contributed by atoms with E-state index in [1.807, 2.05) is 0 Å². The Labute approximate surface area is 134 Å². The minimum absolute atomic E-state index is 0.00886. The van der Waals surface area contributed by atoms with Crippen LogP contribution in [0.15, 0.2) is 23.5 Å². The Hall–Kier alpha value is -1.05. The number of hydrogen-bond donors (Lipinski definition) is 0. The Balaban J connectivity index is 1.71. The highest BCUT2D eigenvalue weighted by Gasteiger charge is 2.58. The van der Waals surface area contributed by atoms with Crippen LogP contribution in [0.4, 0.5) is 0 Å². The number of carbonyl (C=O) groups excluding carboxylic acids is 1. The molecule has 5 atom stereocenters. The van der Waals surface area contributed by atoms with Gasteiger partial charge in [0.15, 0.2) is 0 Å². The van der Waals surface area contributed by atoms with Crippen LogP contribution in [0.2, 0.25) is 0 Å². The Kier molecular flexibility index (Phi) is 3.12. The number of ether oxygens (including phenoxy) is 1. The van der Waals surface area contributed by atoms with E-state index in [1.54, 1.807) is 7.11 Å². The van der Waals surface area contributed by atoms with Crippen molar-refractivity contribution in [2.75, 3.05) is 7.11 Å². The summed E-state index contributed by atoms with van der Waals surface area (Å²) in [5.41, 5.74) is 1.80. The molecule has 4 aliphatic carbocycles. The maximum Gasteiger partial charge on any atom is 0.139 e. The Bertz CT molecular complexity index is 572. The van der Waals surface area contributed by atoms with Gasteiger partial charge in [0.05, 0.1) is 12.9 Å². The second-order valence-electron chi connectivity index (χ2n) is 8.42. The van der Waals surface area contributed by atoms with Crippen LogP contribution >= 0.6 is 0 Å². The first kappa shape index (κ1) is 14.5. The van der Waals surface area contributed by atoms with Crippen LogP contribution < -0.4 is 0 Å². The Morgan fingerprint density at radius 3 is 2.64 bits per heavy atom. The molecule has 2 saturated carbocycles. The lowest BCUT2D eigenvalue weighted by atomic mass is 9.49. The van der Waals surface area contributed by atoms with E-state index < -0.39 is 0 Å². The van der Waals surface area contributed by atoms with Gasteiger partial charge >= 0.3 is 0 Å². The van der Waals surface area contributed by atoms with Crippen LogP contribution in [0.3, 0.4) is 0 Å². The fourth-order valence-electron chi connectivity index (χ4n) is 6.23. The SMILES string of the molecule is COC1=CC2=CC[C@H]3[C@H](CC[C@]4(C)C(=O)CC[C@@H]34)[C@@]2(C)CC1. The van der Waals surface area contributed by atoms with E-state index in [1.165, 1.54) is 18.4 Å². The normalized spacial score (nSPS) is 47.0. The van der Waals surface area contributed by atoms with Gasteiger partial charge in [0, 0.05) is 18.3 Å². The average Bonchev–Trinajstić information content (AvgIpc) is 2.82. The highest BCUT2D eigenvalue weighted by Crippen LogP contribution is 2.63. The molecule has 4 aliphatic rings. The van der Waals surface area contributed by atoms with Crippen LogP contribution in [-0.4, -0.2) is 12.9 Å². The molecule has 0 aromatic carbocycles. The van der Waals surface area contributed by atoms with Gasteiger partial charge in [0.1, 0.15) is 5.78 Å². The monoisotopic (exact) mass is 300 g/mol. The number of ketones is 1. The first-order chi connectivity index (χ1) is 10.5. The van der Waals surface area contributed by atoms with Crippen molar-refractivity contribution in [2.24, 2.45) is 28.6 Å². The summed E-state index contributed by atoms with van der Waals surface area (Å²) < 4.78 is 5.50. The predicted octanol–water partition coefficient (Wildman–Crippen LogP) is 4.66. The number of allylic oxidation sites excluding steroid dienone is 4. The van der Waals surface area contributed by atoms with Gasteiger partial charge in [-0.05, 0) is 66.9 Å². The number of Topliss-reactive ketones (excluding diaryl/α,β-unsaturated/α-hetero) is 1. The van der Waals surface area contributed by atoms with Gasteiger partial charge in [-0.25, -0.2) is 0 Å². The van der Waals surface area contributed by atoms with Gasteiger partial charge < -0.3 is 4.74 Å². The molecule has 2 fully saturated rings. The molecule has 0 bridgehead atoms. The molecule has 0 saturated heterocycles. The number of hydrogen-bond acceptors (Lipinski definition) is 2. The smallest absolute Gasteiger partial charge is 0.139 e. The van der Waals surface area contributed by atoms with E-state index >= 15 is 0 Å². The average molecular weight is 300 g/mol. The number of fused-ring (bicyclic) bond motifs is 5. The van der Waals surface area contributed by atoms with Crippen molar-refractivity contribution in [2.45, 2.75) is 58.8 Å². The summed E-state index contributed by atoms with van der Waals surface area (Å²) in [6, 6.07) is 0. The third-order valence-electron chi connectivity index (χ3n) is 7.70. The molecule has 0 amide bonds. The maximum absolute atomic E-state index is 12.4. The molecule has 2 nitrogen and oxygen atoms in total. The fourth-order valence-corrected chi connectivity index (χ4v) is 6.23. The molecule has 4 rings (SSSR count). The lowest BCUT2D eigenvalue weighted by molar-refractivity contribution is -0.131. The van der Waals surface area contributed by atoms with Crippen molar-refractivity contribution in [1.29, 1.82) is 0 Å². The standard InChI is InChI=1S/C20H28O2/c1-19-10-8-14(22-3)12-13(19)4-5-15-16-6-7-18(21)20(16,2)11-9-17(15)19/h4,12,15-17H,5-11H2,1-3H3/t15-,16+,17+,19+,20+/m1/s1. The zero-order valence-corrected chi connectivity index (χ0v) is 14.2. The van der Waals surface area contributed by atoms with E-state index in [-0.39, 0.29) is 5.41 Å². The Morgan fingerprint density at radius 2 is 1.86 bits per heavy atom. The van der Waals surface area contributed by atoms with E-state index in [9.17, 15) is 4.79 Å². The third kappa shape index (κ3) is 1.76. The molecule has 120 valence electrons. The molecule has 22 heavy (non-hydrogen) atoms. The molecule has 0 radical (unpaired) electrons. The van der Waals surface area contributed by atoms with E-state index in [0.29, 0.717) is 17.1 Å². The zero-order valence-electron chi connectivity index (χ0n) is 14.2. The van der Waals surface area contributed by atoms with Crippen molar-refractivity contribution in [1.82, 2.24) is 0 Å². The van der Waals surface area contributed by atoms with Crippen LogP contribution in [0.25, 0.3) is 0 Å². The largest absolute Gasteiger partial charge is 0.501 e. The molecule has 0 aromatic heterocycles. The summed E-state index contributed by atoms with van der Waals surface area (Å²) in [5, 5.41) is 0. The zero-order chi connectivity index (χ0) is 15.5. The van der Waals surface area contributed by atoms with Crippen molar-refractivity contribution >= 4 is 5.78 Å². The highest BCUT2D eigenvalue weighted by molar-refractivity contribution is 5.87. The molecular formula is C20H28O2. The van der Waals surface area contributed by atoms with E-state index in [2.05, 4.69) is 26.0 Å². The second kappa shape index (κ2) is 4.72. The van der Waals surface area contributed by atoms with Crippen molar-refractivity contribution in [3.05, 3.63) is 23.5 Å². The first-order valence-electron chi connectivity index (χ1n) is 8.97. The maximum atomic E-state index is 12.4. The molecule has 0 N–H and O–H groups in total. The molecule has 0 aromatic rings. The number of methoxy groups -OCH3 is 1. The van der Waals surface area contributed by atoms with Crippen LogP contribution in [0.5, 0.6) is 0 Å². The fraction of sp³-hybridized carbons (Fsp3) is 0.750. The highest BCUT2D eigenvalue weighted by atomic mass is 16.5. The van der Waals surface area contributed by atoms with Gasteiger partial charge in [-0.2, -0.15) is 0 Å². The number of carbonyl (C=O) groups is 1. The minimum Gasteiger partial charge on any atom is -0.501 e. The summed E-state index contributed by atoms with van der Waals surface area (Å²) >= 11 is 0. The topological polar surface area (TPSA) is 26.3 Å². The van der Waals surface area contributed by atoms with Gasteiger partial charge in [0.2, 0.25) is 0 Å². The summed E-state index contributed by atoms with van der Waals surface area (Å²) in [5.74, 6) is 3.78. The quantitative estimate of drug-likeness (QED) is 0.704. The van der Waals surface area contributed by atoms with Crippen LogP contribution in [0, 0.1) is 28.6 Å². The van der Waals surface area contributed by atoms with Gasteiger partial charge in [-0.15, -0.1) is 0 Å². The van der Waals surface area contributed by atoms with Crippen LogP contribution in [-0.2, 0) is 9.53 Å². The molecule has 0 unspecified atom stereocenters. The first-order valence-corrected chi connectivity index (χ1v) is 8.97. The molecule has 2 heteroatoms. The van der Waals surface area contributed by atoms with E-state index in [4.69, 9.17) is 4.74 Å². The Morgan fingerprint density at radius 1 is 1.09 bits per heavy atom. The van der Waals surface area contributed by atoms with Crippen molar-refractivity contribution in [3.63, 3.8) is 0 Å². The van der Waals surface area contributed by atoms with Gasteiger partial charge in [-0.3, -0.25) is 4.79 Å². The van der Waals surface area contributed by atoms with Gasteiger partial charge in [-0.1, -0.05) is 19.9 Å². The summed E-state index contributed by atoms with van der Waals surface area (Å²) in [6.45, 7) is 4.73. The summed E-state index contributed by atoms with van der Waals surface area (Å²) in [7, 11) is 1.79. The molecule has 0 aliphatic heterocycles. The molecule has 0 spiro atoms. The van der Waals surface area contributed by atoms with Crippen molar-refractivity contribution < 1.29 is 9.53 Å². The van der Waals surface area contributed by atoms with Gasteiger partial charge in [0.25, 0.3) is 0 Å². The van der Waals surface area contributed by atoms with Crippen molar-refractivity contribution in [3.8, 4) is 0 Å². The second-order valence-corrected chi connectivity index (χ2v) is 8.42. The summed E-state index contributed by atoms with van der Waals surface area (Å²) in [4.78, 5) is 12.4. The lowest BCUT2D eigenvalue weighted by Crippen LogP contribution is -2.49. The van der Waals surface area contributed by atoms with E-state index in [0.717, 1.165) is 49.7 Å². The molecular weight excluding hydrogens is 272 g/mol. The summed E-state index contributed by atoms with van der Waals surface area (Å²) in [6.07, 6.45) is 12.5.